The van der Waals surface area contributed by atoms with E-state index in [1.54, 1.807) is 7.11 Å². The number of rotatable bonds is 3. The molecule has 1 nitrogen and oxygen atoms in total. The topological polar surface area (TPSA) is 9.23 Å². The average Bonchev–Trinajstić information content (AvgIpc) is 2.20. The first-order valence-electron chi connectivity index (χ1n) is 4.71. The van der Waals surface area contributed by atoms with E-state index >= 15 is 0 Å². The molecular formula is C12H14BrClO. The fraction of sp³-hybridized carbons (Fsp3) is 0.333. The van der Waals surface area contributed by atoms with Crippen molar-refractivity contribution >= 4 is 33.6 Å². The standard InChI is InChI=1S/C12H14BrClO/c1-8(9(2)13)7-10-11(14)5-4-6-12(10)15-3/h4-7,9H,1-3H3/b8-7-. The lowest BCUT2D eigenvalue weighted by Gasteiger charge is -2.09. The van der Waals surface area contributed by atoms with Crippen LogP contribution >= 0.6 is 27.5 Å². The first-order valence-corrected chi connectivity index (χ1v) is 6.00. The smallest absolute Gasteiger partial charge is 0.127 e. The Labute approximate surface area is 104 Å². The number of hydrogen-bond acceptors (Lipinski definition) is 1. The summed E-state index contributed by atoms with van der Waals surface area (Å²) in [5.41, 5.74) is 2.15. The molecule has 82 valence electrons. The van der Waals surface area contributed by atoms with E-state index in [-0.39, 0.29) is 0 Å². The van der Waals surface area contributed by atoms with Crippen LogP contribution in [-0.2, 0) is 0 Å². The summed E-state index contributed by atoms with van der Waals surface area (Å²) in [6, 6.07) is 5.65. The fourth-order valence-electron chi connectivity index (χ4n) is 1.18. The molecule has 1 rings (SSSR count). The van der Waals surface area contributed by atoms with Gasteiger partial charge in [-0.1, -0.05) is 39.2 Å². The second kappa shape index (κ2) is 5.57. The second-order valence-corrected chi connectivity index (χ2v) is 5.14. The molecule has 1 atom stereocenters. The van der Waals surface area contributed by atoms with Gasteiger partial charge in [0.15, 0.2) is 0 Å². The SMILES string of the molecule is COc1cccc(Cl)c1/C=C(/C)C(C)Br. The van der Waals surface area contributed by atoms with Crippen LogP contribution in [0.2, 0.25) is 5.02 Å². The lowest BCUT2D eigenvalue weighted by atomic mass is 10.1. The van der Waals surface area contributed by atoms with Gasteiger partial charge in [-0.2, -0.15) is 0 Å². The maximum atomic E-state index is 6.12. The van der Waals surface area contributed by atoms with Gasteiger partial charge in [0.05, 0.1) is 12.1 Å². The van der Waals surface area contributed by atoms with Crippen LogP contribution in [0.4, 0.5) is 0 Å². The van der Waals surface area contributed by atoms with Crippen LogP contribution in [-0.4, -0.2) is 11.9 Å². The predicted molar refractivity (Wildman–Crippen MR) is 70.0 cm³/mol. The fourth-order valence-corrected chi connectivity index (χ4v) is 1.53. The van der Waals surface area contributed by atoms with Crippen LogP contribution in [0, 0.1) is 0 Å². The molecule has 0 aliphatic heterocycles. The minimum absolute atomic E-state index is 0.332. The first-order chi connectivity index (χ1) is 7.06. The first kappa shape index (κ1) is 12.6. The Hall–Kier alpha value is -0.470. The maximum Gasteiger partial charge on any atom is 0.127 e. The molecule has 0 bridgehead atoms. The molecule has 0 spiro atoms. The van der Waals surface area contributed by atoms with Crippen molar-refractivity contribution in [3.8, 4) is 5.75 Å². The van der Waals surface area contributed by atoms with Crippen LogP contribution in [0.25, 0.3) is 6.08 Å². The molecule has 15 heavy (non-hydrogen) atoms. The highest BCUT2D eigenvalue weighted by molar-refractivity contribution is 9.09. The number of allylic oxidation sites excluding steroid dienone is 1. The van der Waals surface area contributed by atoms with Crippen LogP contribution in [0.3, 0.4) is 0 Å². The lowest BCUT2D eigenvalue weighted by Crippen LogP contribution is -1.93. The molecule has 0 heterocycles. The van der Waals surface area contributed by atoms with Crippen LogP contribution in [0.1, 0.15) is 19.4 Å². The zero-order valence-electron chi connectivity index (χ0n) is 9.05. The van der Waals surface area contributed by atoms with Gasteiger partial charge < -0.3 is 4.74 Å². The highest BCUT2D eigenvalue weighted by atomic mass is 79.9. The van der Waals surface area contributed by atoms with E-state index in [9.17, 15) is 0 Å². The Morgan fingerprint density at radius 3 is 2.73 bits per heavy atom. The zero-order chi connectivity index (χ0) is 11.4. The van der Waals surface area contributed by atoms with Crippen LogP contribution in [0.5, 0.6) is 5.75 Å². The monoisotopic (exact) mass is 288 g/mol. The van der Waals surface area contributed by atoms with Crippen molar-refractivity contribution in [2.24, 2.45) is 0 Å². The Morgan fingerprint density at radius 2 is 2.20 bits per heavy atom. The molecule has 0 amide bonds. The molecule has 1 unspecified atom stereocenters. The summed E-state index contributed by atoms with van der Waals surface area (Å²) in [4.78, 5) is 0.332. The van der Waals surface area contributed by atoms with Gasteiger partial charge in [-0.05, 0) is 32.1 Å². The number of methoxy groups -OCH3 is 1. The highest BCUT2D eigenvalue weighted by Crippen LogP contribution is 2.29. The third kappa shape index (κ3) is 3.25. The molecule has 3 heteroatoms. The normalized spacial score (nSPS) is 13.8. The van der Waals surface area contributed by atoms with Crippen molar-refractivity contribution in [2.45, 2.75) is 18.7 Å². The van der Waals surface area contributed by atoms with E-state index < -0.39 is 0 Å². The van der Waals surface area contributed by atoms with Crippen molar-refractivity contribution in [1.82, 2.24) is 0 Å². The molecule has 1 aromatic carbocycles. The van der Waals surface area contributed by atoms with E-state index in [2.05, 4.69) is 29.8 Å². The van der Waals surface area contributed by atoms with Crippen molar-refractivity contribution in [3.05, 3.63) is 34.4 Å². The molecule has 0 aromatic heterocycles. The van der Waals surface area contributed by atoms with Gasteiger partial charge in [0.25, 0.3) is 0 Å². The number of ether oxygens (including phenoxy) is 1. The van der Waals surface area contributed by atoms with Gasteiger partial charge in [0, 0.05) is 10.4 Å². The second-order valence-electron chi connectivity index (χ2n) is 3.36. The van der Waals surface area contributed by atoms with Gasteiger partial charge in [-0.15, -0.1) is 0 Å². The Kier molecular flexibility index (Phi) is 4.68. The third-order valence-corrected chi connectivity index (χ3v) is 3.28. The Bertz CT molecular complexity index is 372. The van der Waals surface area contributed by atoms with E-state index in [1.807, 2.05) is 24.3 Å². The van der Waals surface area contributed by atoms with E-state index in [0.717, 1.165) is 11.3 Å². The largest absolute Gasteiger partial charge is 0.496 e. The minimum Gasteiger partial charge on any atom is -0.496 e. The van der Waals surface area contributed by atoms with E-state index in [0.29, 0.717) is 9.85 Å². The number of benzene rings is 1. The molecule has 0 aliphatic carbocycles. The molecule has 0 aliphatic rings. The number of hydrogen-bond donors (Lipinski definition) is 0. The van der Waals surface area contributed by atoms with Gasteiger partial charge in [0.2, 0.25) is 0 Å². The molecule has 0 radical (unpaired) electrons. The molecule has 0 saturated heterocycles. The Balaban J connectivity index is 3.18. The summed E-state index contributed by atoms with van der Waals surface area (Å²) < 4.78 is 5.26. The minimum atomic E-state index is 0.332. The van der Waals surface area contributed by atoms with Gasteiger partial charge >= 0.3 is 0 Å². The van der Waals surface area contributed by atoms with Crippen molar-refractivity contribution in [2.75, 3.05) is 7.11 Å². The van der Waals surface area contributed by atoms with Crippen LogP contribution in [0.15, 0.2) is 23.8 Å². The molecule has 1 aromatic rings. The van der Waals surface area contributed by atoms with Gasteiger partial charge in [0.1, 0.15) is 5.75 Å². The summed E-state index contributed by atoms with van der Waals surface area (Å²) >= 11 is 9.63. The summed E-state index contributed by atoms with van der Waals surface area (Å²) in [6.07, 6.45) is 2.04. The summed E-state index contributed by atoms with van der Waals surface area (Å²) in [5, 5.41) is 0.710. The summed E-state index contributed by atoms with van der Waals surface area (Å²) in [7, 11) is 1.65. The van der Waals surface area contributed by atoms with E-state index in [4.69, 9.17) is 16.3 Å². The summed E-state index contributed by atoms with van der Waals surface area (Å²) in [6.45, 7) is 4.14. The van der Waals surface area contributed by atoms with Gasteiger partial charge in [-0.3, -0.25) is 0 Å². The van der Waals surface area contributed by atoms with Crippen molar-refractivity contribution in [1.29, 1.82) is 0 Å². The zero-order valence-corrected chi connectivity index (χ0v) is 11.4. The van der Waals surface area contributed by atoms with E-state index in [1.165, 1.54) is 5.57 Å². The predicted octanol–water partition coefficient (Wildman–Crippen LogP) is 4.54. The quantitative estimate of drug-likeness (QED) is 0.743. The molecule has 0 fully saturated rings. The molecule has 0 saturated carbocycles. The van der Waals surface area contributed by atoms with Gasteiger partial charge in [-0.25, -0.2) is 0 Å². The highest BCUT2D eigenvalue weighted by Gasteiger charge is 2.06. The molecule has 0 N–H and O–H groups in total. The number of halogens is 2. The third-order valence-electron chi connectivity index (χ3n) is 2.23. The van der Waals surface area contributed by atoms with Crippen LogP contribution < -0.4 is 4.74 Å². The number of alkyl halides is 1. The van der Waals surface area contributed by atoms with Crippen molar-refractivity contribution in [3.63, 3.8) is 0 Å². The Morgan fingerprint density at radius 1 is 1.53 bits per heavy atom. The molecular weight excluding hydrogens is 275 g/mol. The summed E-state index contributed by atoms with van der Waals surface area (Å²) in [5.74, 6) is 0.801. The maximum absolute atomic E-state index is 6.12. The van der Waals surface area contributed by atoms with Crippen molar-refractivity contribution < 1.29 is 4.74 Å². The lowest BCUT2D eigenvalue weighted by molar-refractivity contribution is 0.414. The average molecular weight is 290 g/mol.